The highest BCUT2D eigenvalue weighted by molar-refractivity contribution is 6.31. The van der Waals surface area contributed by atoms with Crippen molar-refractivity contribution >= 4 is 17.6 Å². The number of pyridine rings is 1. The third-order valence-electron chi connectivity index (χ3n) is 3.95. The Hall–Kier alpha value is -2.29. The largest absolute Gasteiger partial charge is 0.417 e. The van der Waals surface area contributed by atoms with Crippen molar-refractivity contribution in [2.24, 2.45) is 0 Å². The van der Waals surface area contributed by atoms with Crippen molar-refractivity contribution in [3.8, 4) is 11.8 Å². The second-order valence-electron chi connectivity index (χ2n) is 6.29. The smallest absolute Gasteiger partial charge is 0.417 e. The van der Waals surface area contributed by atoms with Gasteiger partial charge < -0.3 is 10.1 Å². The summed E-state index contributed by atoms with van der Waals surface area (Å²) in [5.74, 6) is -0.222. The van der Waals surface area contributed by atoms with Crippen LogP contribution in [0.3, 0.4) is 0 Å². The number of rotatable bonds is 8. The Morgan fingerprint density at radius 2 is 1.96 bits per heavy atom. The van der Waals surface area contributed by atoms with Crippen LogP contribution in [0.1, 0.15) is 50.3 Å². The minimum atomic E-state index is -4.55. The van der Waals surface area contributed by atoms with Crippen molar-refractivity contribution in [1.82, 2.24) is 20.1 Å². The van der Waals surface area contributed by atoms with Gasteiger partial charge in [-0.1, -0.05) is 44.2 Å². The molecule has 0 aliphatic carbocycles. The third-order valence-corrected chi connectivity index (χ3v) is 4.22. The number of ether oxygens (including phenoxy) is 1. The zero-order chi connectivity index (χ0) is 20.7. The topological polar surface area (TPSA) is 69.0 Å². The van der Waals surface area contributed by atoms with Gasteiger partial charge >= 0.3 is 12.2 Å². The van der Waals surface area contributed by atoms with Gasteiger partial charge in [0.2, 0.25) is 11.8 Å². The predicted octanol–water partition coefficient (Wildman–Crippen LogP) is 5.58. The first-order chi connectivity index (χ1) is 13.2. The fraction of sp³-hybridized carbons (Fsp3) is 0.500. The molecule has 1 N–H and O–H groups in total. The Bertz CT molecular complexity index is 809. The molecule has 0 aliphatic heterocycles. The van der Waals surface area contributed by atoms with E-state index in [2.05, 4.69) is 22.3 Å². The van der Waals surface area contributed by atoms with Crippen molar-refractivity contribution < 1.29 is 22.7 Å². The molecule has 0 radical (unpaired) electrons. The first-order valence-corrected chi connectivity index (χ1v) is 9.35. The minimum Gasteiger partial charge on any atom is -0.417 e. The van der Waals surface area contributed by atoms with E-state index in [0.717, 1.165) is 36.4 Å². The van der Waals surface area contributed by atoms with E-state index in [0.29, 0.717) is 18.4 Å². The molecule has 28 heavy (non-hydrogen) atoms. The number of carbonyl (C=O) groups excluding carboxylic acids is 1. The van der Waals surface area contributed by atoms with Gasteiger partial charge in [0.25, 0.3) is 0 Å². The molecule has 0 saturated carbocycles. The molecular weight excluding hydrogens is 397 g/mol. The van der Waals surface area contributed by atoms with Gasteiger partial charge in [-0.05, 0) is 19.4 Å². The fourth-order valence-corrected chi connectivity index (χ4v) is 2.66. The summed E-state index contributed by atoms with van der Waals surface area (Å²) in [6.45, 7) is 4.32. The maximum absolute atomic E-state index is 12.7. The number of amides is 1. The maximum atomic E-state index is 12.7. The van der Waals surface area contributed by atoms with Crippen LogP contribution in [-0.2, 0) is 6.18 Å². The van der Waals surface area contributed by atoms with Crippen molar-refractivity contribution in [2.45, 2.75) is 52.1 Å². The molecule has 2 heterocycles. The quantitative estimate of drug-likeness (QED) is 0.568. The summed E-state index contributed by atoms with van der Waals surface area (Å²) in [6.07, 6.45) is 1.44. The highest BCUT2D eigenvalue weighted by atomic mass is 35.5. The molecule has 0 saturated heterocycles. The van der Waals surface area contributed by atoms with Crippen molar-refractivity contribution in [2.75, 3.05) is 6.54 Å². The maximum Gasteiger partial charge on any atom is 0.417 e. The Balaban J connectivity index is 1.97. The van der Waals surface area contributed by atoms with Crippen LogP contribution in [0, 0.1) is 6.92 Å². The molecule has 0 aromatic carbocycles. The number of unbranched alkanes of at least 4 members (excludes halogenated alkanes) is 4. The Morgan fingerprint density at radius 3 is 2.61 bits per heavy atom. The SMILES string of the molecule is CCCCCCCNC(=O)n1nc(Oc2ncc(C(F)(F)F)cc2Cl)cc1C. The Morgan fingerprint density at radius 1 is 1.25 bits per heavy atom. The molecule has 0 aliphatic rings. The third kappa shape index (κ3) is 6.12. The van der Waals surface area contributed by atoms with Crippen molar-refractivity contribution in [3.05, 3.63) is 34.6 Å². The summed E-state index contributed by atoms with van der Waals surface area (Å²) >= 11 is 5.81. The number of aromatic nitrogens is 3. The summed E-state index contributed by atoms with van der Waals surface area (Å²) in [6, 6.07) is 1.78. The van der Waals surface area contributed by atoms with E-state index in [1.165, 1.54) is 12.5 Å². The lowest BCUT2D eigenvalue weighted by molar-refractivity contribution is -0.137. The summed E-state index contributed by atoms with van der Waals surface area (Å²) in [4.78, 5) is 15.8. The molecule has 2 rings (SSSR count). The number of nitrogens with one attached hydrogen (secondary N) is 1. The van der Waals surface area contributed by atoms with E-state index in [4.69, 9.17) is 16.3 Å². The lowest BCUT2D eigenvalue weighted by atomic mass is 10.1. The summed E-state index contributed by atoms with van der Waals surface area (Å²) in [7, 11) is 0. The van der Waals surface area contributed by atoms with Gasteiger partial charge in [0, 0.05) is 18.8 Å². The lowest BCUT2D eigenvalue weighted by Gasteiger charge is -2.08. The van der Waals surface area contributed by atoms with Gasteiger partial charge in [-0.3, -0.25) is 0 Å². The second-order valence-corrected chi connectivity index (χ2v) is 6.70. The number of halogens is 4. The number of alkyl halides is 3. The summed E-state index contributed by atoms with van der Waals surface area (Å²) < 4.78 is 44.4. The molecule has 1 amide bonds. The monoisotopic (exact) mass is 418 g/mol. The number of nitrogens with zero attached hydrogens (tertiary/aromatic N) is 3. The van der Waals surface area contributed by atoms with Gasteiger partial charge in [0.15, 0.2) is 0 Å². The van der Waals surface area contributed by atoms with Gasteiger partial charge in [0.1, 0.15) is 5.02 Å². The molecule has 2 aromatic heterocycles. The van der Waals surface area contributed by atoms with Crippen molar-refractivity contribution in [1.29, 1.82) is 0 Å². The molecule has 10 heteroatoms. The van der Waals surface area contributed by atoms with E-state index < -0.39 is 17.8 Å². The van der Waals surface area contributed by atoms with E-state index in [1.807, 2.05) is 0 Å². The molecule has 0 bridgehead atoms. The molecule has 0 atom stereocenters. The molecule has 6 nitrogen and oxygen atoms in total. The highest BCUT2D eigenvalue weighted by Crippen LogP contribution is 2.34. The zero-order valence-electron chi connectivity index (χ0n) is 15.6. The van der Waals surface area contributed by atoms with Crippen LogP contribution in [-0.4, -0.2) is 27.3 Å². The summed E-state index contributed by atoms with van der Waals surface area (Å²) in [5.41, 5.74) is -0.480. The van der Waals surface area contributed by atoms with Gasteiger partial charge in [-0.15, -0.1) is 5.10 Å². The fourth-order valence-electron chi connectivity index (χ4n) is 2.45. The molecular formula is C18H22ClF3N4O2. The number of carbonyl (C=O) groups is 1. The van der Waals surface area contributed by atoms with E-state index >= 15 is 0 Å². The van der Waals surface area contributed by atoms with Crippen LogP contribution >= 0.6 is 11.6 Å². The van der Waals surface area contributed by atoms with Gasteiger partial charge in [-0.2, -0.15) is 17.9 Å². The number of hydrogen-bond acceptors (Lipinski definition) is 4. The van der Waals surface area contributed by atoms with E-state index in [1.54, 1.807) is 6.92 Å². The second kappa shape index (κ2) is 9.77. The first-order valence-electron chi connectivity index (χ1n) is 8.97. The normalized spacial score (nSPS) is 11.5. The van der Waals surface area contributed by atoms with Gasteiger partial charge in [-0.25, -0.2) is 9.78 Å². The average Bonchev–Trinajstić information content (AvgIpc) is 2.99. The van der Waals surface area contributed by atoms with Crippen LogP contribution in [0.5, 0.6) is 11.8 Å². The summed E-state index contributed by atoms with van der Waals surface area (Å²) in [5, 5.41) is 6.47. The van der Waals surface area contributed by atoms with Crippen LogP contribution in [0.2, 0.25) is 5.02 Å². The van der Waals surface area contributed by atoms with Crippen LogP contribution < -0.4 is 10.1 Å². The average molecular weight is 419 g/mol. The molecule has 154 valence electrons. The lowest BCUT2D eigenvalue weighted by Crippen LogP contribution is -2.30. The van der Waals surface area contributed by atoms with Crippen molar-refractivity contribution in [3.63, 3.8) is 0 Å². The van der Waals surface area contributed by atoms with E-state index in [-0.39, 0.29) is 16.8 Å². The minimum absolute atomic E-state index is 0.00440. The zero-order valence-corrected chi connectivity index (χ0v) is 16.4. The highest BCUT2D eigenvalue weighted by Gasteiger charge is 2.32. The Kier molecular flexibility index (Phi) is 7.68. The molecule has 0 unspecified atom stereocenters. The van der Waals surface area contributed by atoms with Crippen LogP contribution in [0.25, 0.3) is 0 Å². The number of hydrogen-bond donors (Lipinski definition) is 1. The van der Waals surface area contributed by atoms with Crippen LogP contribution in [0.4, 0.5) is 18.0 Å². The van der Waals surface area contributed by atoms with E-state index in [9.17, 15) is 18.0 Å². The molecule has 2 aromatic rings. The van der Waals surface area contributed by atoms with Gasteiger partial charge in [0.05, 0.1) is 11.3 Å². The Labute approximate surface area is 166 Å². The molecule has 0 fully saturated rings. The molecule has 0 spiro atoms. The van der Waals surface area contributed by atoms with Crippen LogP contribution in [0.15, 0.2) is 18.3 Å². The predicted molar refractivity (Wildman–Crippen MR) is 98.8 cm³/mol. The first kappa shape index (κ1) is 22.0. The standard InChI is InChI=1S/C18H22ClF3N4O2/c1-3-4-5-6-7-8-23-17(27)26-12(2)9-15(25-26)28-16-14(19)10-13(11-24-16)18(20,21)22/h9-11H,3-8H2,1-2H3,(H,23,27). The number of aryl methyl sites for hydroxylation is 1.